The Morgan fingerprint density at radius 2 is 1.83 bits per heavy atom. The molecule has 4 aromatic rings. The van der Waals surface area contributed by atoms with Crippen LogP contribution in [0.15, 0.2) is 47.2 Å². The van der Waals surface area contributed by atoms with Crippen molar-refractivity contribution in [2.45, 2.75) is 52.2 Å². The number of carbonyl (C=O) groups is 3. The number of likely N-dealkylation sites (tertiary alicyclic amines) is 1. The average molecular weight is 639 g/mol. The van der Waals surface area contributed by atoms with Gasteiger partial charge in [0.05, 0.1) is 11.8 Å². The molecule has 1 fully saturated rings. The second-order valence-electron chi connectivity index (χ2n) is 11.0. The topological polar surface area (TPSA) is 154 Å². The number of ether oxygens (including phenoxy) is 2. The van der Waals surface area contributed by atoms with Gasteiger partial charge in [-0.1, -0.05) is 28.1 Å². The molecule has 220 valence electrons. The number of aromatic amines is 2. The van der Waals surface area contributed by atoms with E-state index in [9.17, 15) is 14.4 Å². The molecule has 0 atom stereocenters. The molecular weight excluding hydrogens is 606 g/mol. The van der Waals surface area contributed by atoms with Crippen molar-refractivity contribution >= 4 is 56.5 Å². The normalized spacial score (nSPS) is 14.1. The standard InChI is InChI=1S/C29H32BrN7O5/c1-16-8-9-17(30)14-20(16)33-25(38)23-24(32-15-31-23)26(39)36-27-34-19-6-5-7-21(22(19)35-27)41-18-10-12-37(13-11-18)28(40)42-29(2,3)4/h5-9,14-15,18H,10-13H2,1-4H3,(H,31,32)(H,33,38)(H2,34,35,36,39). The molecule has 2 aromatic heterocycles. The van der Waals surface area contributed by atoms with Crippen LogP contribution in [0.25, 0.3) is 11.0 Å². The molecule has 13 heteroatoms. The minimum absolute atomic E-state index is 0.00572. The van der Waals surface area contributed by atoms with Crippen molar-refractivity contribution in [3.05, 3.63) is 64.1 Å². The monoisotopic (exact) mass is 637 g/mol. The van der Waals surface area contributed by atoms with Crippen molar-refractivity contribution < 1.29 is 23.9 Å². The van der Waals surface area contributed by atoms with Crippen LogP contribution in [0.4, 0.5) is 16.4 Å². The maximum Gasteiger partial charge on any atom is 0.410 e. The van der Waals surface area contributed by atoms with Crippen LogP contribution in [0.5, 0.6) is 5.75 Å². The Labute approximate surface area is 250 Å². The van der Waals surface area contributed by atoms with E-state index in [0.29, 0.717) is 48.4 Å². The number of aromatic nitrogens is 4. The Hall–Kier alpha value is -4.39. The first kappa shape index (κ1) is 29.1. The van der Waals surface area contributed by atoms with Gasteiger partial charge in [-0.05, 0) is 57.5 Å². The number of benzene rings is 2. The lowest BCUT2D eigenvalue weighted by atomic mass is 10.1. The molecule has 12 nitrogen and oxygen atoms in total. The lowest BCUT2D eigenvalue weighted by Gasteiger charge is -2.33. The summed E-state index contributed by atoms with van der Waals surface area (Å²) >= 11 is 3.40. The maximum absolute atomic E-state index is 13.1. The van der Waals surface area contributed by atoms with Gasteiger partial charge in [-0.15, -0.1) is 0 Å². The van der Waals surface area contributed by atoms with E-state index in [1.165, 1.54) is 6.33 Å². The SMILES string of the molecule is Cc1ccc(Br)cc1NC(=O)c1nc[nH]c1C(=O)Nc1nc2c(OC3CCN(C(=O)OC(C)(C)C)CC3)cccc2[nH]1. The lowest BCUT2D eigenvalue weighted by Crippen LogP contribution is -2.44. The van der Waals surface area contributed by atoms with Crippen LogP contribution in [0.2, 0.25) is 0 Å². The van der Waals surface area contributed by atoms with Crippen molar-refractivity contribution in [3.63, 3.8) is 0 Å². The van der Waals surface area contributed by atoms with Crippen LogP contribution in [0.1, 0.15) is 60.2 Å². The fourth-order valence-corrected chi connectivity index (χ4v) is 4.90. The molecule has 1 aliphatic heterocycles. The predicted octanol–water partition coefficient (Wildman–Crippen LogP) is 5.64. The van der Waals surface area contributed by atoms with E-state index in [-0.39, 0.29) is 29.5 Å². The van der Waals surface area contributed by atoms with Gasteiger partial charge in [0.1, 0.15) is 28.7 Å². The van der Waals surface area contributed by atoms with Gasteiger partial charge in [0.15, 0.2) is 5.69 Å². The number of hydrogen-bond donors (Lipinski definition) is 4. The van der Waals surface area contributed by atoms with Gasteiger partial charge >= 0.3 is 6.09 Å². The first-order valence-corrected chi connectivity index (χ1v) is 14.3. The molecule has 4 N–H and O–H groups in total. The molecule has 0 saturated carbocycles. The van der Waals surface area contributed by atoms with Crippen LogP contribution < -0.4 is 15.4 Å². The number of H-pyrrole nitrogens is 2. The molecule has 0 unspecified atom stereocenters. The Bertz CT molecular complexity index is 1630. The molecule has 0 spiro atoms. The third kappa shape index (κ3) is 6.73. The summed E-state index contributed by atoms with van der Waals surface area (Å²) in [5, 5.41) is 5.50. The molecule has 2 aromatic carbocycles. The van der Waals surface area contributed by atoms with E-state index in [2.05, 4.69) is 46.5 Å². The number of aryl methyl sites for hydroxylation is 1. The van der Waals surface area contributed by atoms with Crippen molar-refractivity contribution in [2.24, 2.45) is 0 Å². The molecule has 0 aliphatic carbocycles. The summed E-state index contributed by atoms with van der Waals surface area (Å²) in [6.45, 7) is 8.46. The fourth-order valence-electron chi connectivity index (χ4n) is 4.54. The highest BCUT2D eigenvalue weighted by Crippen LogP contribution is 2.29. The van der Waals surface area contributed by atoms with Gasteiger partial charge in [-0.3, -0.25) is 14.9 Å². The summed E-state index contributed by atoms with van der Waals surface area (Å²) in [5.41, 5.74) is 2.08. The van der Waals surface area contributed by atoms with E-state index in [1.54, 1.807) is 11.0 Å². The molecule has 1 aliphatic rings. The number of nitrogens with zero attached hydrogens (tertiary/aromatic N) is 3. The highest BCUT2D eigenvalue weighted by Gasteiger charge is 2.28. The van der Waals surface area contributed by atoms with Crippen molar-refractivity contribution in [1.29, 1.82) is 0 Å². The smallest absolute Gasteiger partial charge is 0.410 e. The predicted molar refractivity (Wildman–Crippen MR) is 161 cm³/mol. The summed E-state index contributed by atoms with van der Waals surface area (Å²) < 4.78 is 12.5. The summed E-state index contributed by atoms with van der Waals surface area (Å²) in [5.74, 6) is -0.360. The minimum atomic E-state index is -0.584. The minimum Gasteiger partial charge on any atom is -0.488 e. The number of hydrogen-bond acceptors (Lipinski definition) is 7. The van der Waals surface area contributed by atoms with Crippen molar-refractivity contribution in [3.8, 4) is 5.75 Å². The van der Waals surface area contributed by atoms with Gasteiger partial charge in [0.2, 0.25) is 5.95 Å². The van der Waals surface area contributed by atoms with Crippen LogP contribution in [0.3, 0.4) is 0 Å². The van der Waals surface area contributed by atoms with Gasteiger partial charge in [-0.2, -0.15) is 0 Å². The van der Waals surface area contributed by atoms with Gasteiger partial charge < -0.3 is 29.7 Å². The molecule has 5 rings (SSSR count). The molecule has 0 bridgehead atoms. The largest absolute Gasteiger partial charge is 0.488 e. The fraction of sp³-hybridized carbons (Fsp3) is 0.345. The Kier molecular flexibility index (Phi) is 8.21. The Morgan fingerprint density at radius 3 is 2.57 bits per heavy atom. The number of piperidine rings is 1. The van der Waals surface area contributed by atoms with E-state index in [0.717, 1.165) is 10.0 Å². The lowest BCUT2D eigenvalue weighted by molar-refractivity contribution is 0.0127. The molecule has 3 heterocycles. The number of nitrogens with one attached hydrogen (secondary N) is 4. The third-order valence-corrected chi connectivity index (χ3v) is 7.12. The second-order valence-corrected chi connectivity index (χ2v) is 11.9. The zero-order valence-electron chi connectivity index (χ0n) is 23.7. The van der Waals surface area contributed by atoms with Gasteiger partial charge in [-0.25, -0.2) is 14.8 Å². The van der Waals surface area contributed by atoms with Crippen molar-refractivity contribution in [2.75, 3.05) is 23.7 Å². The zero-order valence-corrected chi connectivity index (χ0v) is 25.3. The summed E-state index contributed by atoms with van der Waals surface area (Å²) in [6, 6.07) is 11.0. The maximum atomic E-state index is 13.1. The number of imidazole rings is 2. The number of fused-ring (bicyclic) bond motifs is 1. The van der Waals surface area contributed by atoms with E-state index in [1.807, 2.05) is 58.0 Å². The number of halogens is 1. The molecule has 3 amide bonds. The second kappa shape index (κ2) is 11.8. The summed E-state index contributed by atoms with van der Waals surface area (Å²) in [7, 11) is 0. The van der Waals surface area contributed by atoms with E-state index < -0.39 is 17.4 Å². The highest BCUT2D eigenvalue weighted by molar-refractivity contribution is 9.10. The number of anilines is 2. The van der Waals surface area contributed by atoms with E-state index >= 15 is 0 Å². The van der Waals surface area contributed by atoms with E-state index in [4.69, 9.17) is 9.47 Å². The summed E-state index contributed by atoms with van der Waals surface area (Å²) in [6.07, 6.45) is 2.15. The van der Waals surface area contributed by atoms with Crippen LogP contribution in [-0.2, 0) is 4.74 Å². The first-order valence-electron chi connectivity index (χ1n) is 13.5. The van der Waals surface area contributed by atoms with Crippen LogP contribution >= 0.6 is 15.9 Å². The quantitative estimate of drug-likeness (QED) is 0.213. The summed E-state index contributed by atoms with van der Waals surface area (Å²) in [4.78, 5) is 54.6. The molecule has 0 radical (unpaired) electrons. The van der Waals surface area contributed by atoms with Gasteiger partial charge in [0.25, 0.3) is 11.8 Å². The third-order valence-electron chi connectivity index (χ3n) is 6.62. The molecule has 1 saturated heterocycles. The number of para-hydroxylation sites is 1. The van der Waals surface area contributed by atoms with Crippen molar-refractivity contribution in [1.82, 2.24) is 24.8 Å². The van der Waals surface area contributed by atoms with Gasteiger partial charge in [0, 0.05) is 36.1 Å². The Balaban J connectivity index is 1.24. The molecular formula is C29H32BrN7O5. The molecule has 42 heavy (non-hydrogen) atoms. The van der Waals surface area contributed by atoms with Crippen LogP contribution in [-0.4, -0.2) is 67.5 Å². The number of rotatable bonds is 6. The number of carbonyl (C=O) groups excluding carboxylic acids is 3. The Morgan fingerprint density at radius 1 is 1.07 bits per heavy atom. The van der Waals surface area contributed by atoms with Crippen LogP contribution in [0, 0.1) is 6.92 Å². The average Bonchev–Trinajstić information content (AvgIpc) is 3.58. The number of amides is 3. The zero-order chi connectivity index (χ0) is 30.0. The highest BCUT2D eigenvalue weighted by atomic mass is 79.9. The first-order chi connectivity index (χ1) is 20.0.